The van der Waals surface area contributed by atoms with E-state index < -0.39 is 24.2 Å². The van der Waals surface area contributed by atoms with Crippen LogP contribution in [0.1, 0.15) is 23.6 Å². The number of anilines is 1. The average Bonchev–Trinajstić information content (AvgIpc) is 3.42. The molecule has 1 aliphatic carbocycles. The first-order valence-corrected chi connectivity index (χ1v) is 11.6. The number of hydrogen-bond acceptors (Lipinski definition) is 8. The van der Waals surface area contributed by atoms with Crippen LogP contribution in [-0.2, 0) is 55.4 Å². The Kier molecular flexibility index (Phi) is 8.82. The van der Waals surface area contributed by atoms with Crippen LogP contribution in [0.2, 0.25) is 0 Å². The van der Waals surface area contributed by atoms with Gasteiger partial charge >= 0.3 is 0 Å². The molecule has 0 amide bonds. The van der Waals surface area contributed by atoms with Gasteiger partial charge in [0.05, 0.1) is 44.9 Å². The van der Waals surface area contributed by atoms with Gasteiger partial charge in [-0.25, -0.2) is 0 Å². The first kappa shape index (κ1) is 26.8. The normalized spacial score (nSPS) is 23.6. The predicted molar refractivity (Wildman–Crippen MR) is 129 cm³/mol. The number of fused-ring (bicyclic) bond motifs is 1. The van der Waals surface area contributed by atoms with E-state index in [0.717, 1.165) is 11.1 Å². The van der Waals surface area contributed by atoms with Crippen molar-refractivity contribution in [2.24, 2.45) is 5.92 Å². The minimum absolute atomic E-state index is 0. The van der Waals surface area contributed by atoms with Crippen molar-refractivity contribution < 1.29 is 52.4 Å². The molecule has 0 saturated heterocycles. The summed E-state index contributed by atoms with van der Waals surface area (Å²) in [6.07, 6.45) is 4.38. The zero-order chi connectivity index (χ0) is 24.3. The standard InChI is InChI=1S/C26H28N5O4.Y/c27-25-28-12-21-24(30-25)31(17-29-21)23-11-22(35-14-19-9-5-2-6-10-19)20(26(23,33)16-32)15-34-13-18-7-3-1-4-8-18;/h1-10,17,20,22-23,32-33H,11,13-16H2,(H2,27,28,30);/q-1;/t20?,22-,23-,26-;/m0./s1. The van der Waals surface area contributed by atoms with E-state index in [2.05, 4.69) is 21.1 Å². The van der Waals surface area contributed by atoms with Crippen molar-refractivity contribution >= 4 is 17.1 Å². The first-order chi connectivity index (χ1) is 17.1. The van der Waals surface area contributed by atoms with Crippen LogP contribution in [0.25, 0.3) is 11.2 Å². The summed E-state index contributed by atoms with van der Waals surface area (Å²) in [5, 5.41) is 22.3. The Bertz CT molecular complexity index is 1260. The minimum atomic E-state index is -1.54. The molecule has 2 aromatic carbocycles. The molecule has 4 aromatic rings. The predicted octanol–water partition coefficient (Wildman–Crippen LogP) is 2.29. The van der Waals surface area contributed by atoms with E-state index >= 15 is 0 Å². The summed E-state index contributed by atoms with van der Waals surface area (Å²) in [5.74, 6) is -0.435. The number of rotatable bonds is 9. The van der Waals surface area contributed by atoms with Crippen LogP contribution in [-0.4, -0.2) is 54.7 Å². The molecule has 1 radical (unpaired) electrons. The third-order valence-electron chi connectivity index (χ3n) is 6.69. The Labute approximate surface area is 234 Å². The van der Waals surface area contributed by atoms with Gasteiger partial charge in [-0.05, 0) is 23.7 Å². The van der Waals surface area contributed by atoms with Crippen molar-refractivity contribution in [3.8, 4) is 0 Å². The van der Waals surface area contributed by atoms with Gasteiger partial charge in [0.15, 0.2) is 0 Å². The number of imidazole rings is 1. The maximum absolute atomic E-state index is 11.8. The second-order valence-electron chi connectivity index (χ2n) is 8.86. The van der Waals surface area contributed by atoms with Crippen LogP contribution in [0.15, 0.2) is 67.0 Å². The molecular weight excluding hydrogens is 535 g/mol. The van der Waals surface area contributed by atoms with Gasteiger partial charge < -0.3 is 40.0 Å². The Balaban J connectivity index is 0.00000304. The van der Waals surface area contributed by atoms with Gasteiger partial charge in [0.2, 0.25) is 0 Å². The second kappa shape index (κ2) is 11.9. The summed E-state index contributed by atoms with van der Waals surface area (Å²) in [6.45, 7) is 0.494. The van der Waals surface area contributed by atoms with E-state index in [0.29, 0.717) is 30.8 Å². The smallest absolute Gasteiger partial charge is 0.115 e. The Morgan fingerprint density at radius 1 is 1.06 bits per heavy atom. The fourth-order valence-corrected chi connectivity index (χ4v) is 4.84. The van der Waals surface area contributed by atoms with Crippen LogP contribution < -0.4 is 5.73 Å². The molecule has 0 bridgehead atoms. The van der Waals surface area contributed by atoms with Gasteiger partial charge in [-0.2, -0.15) is 0 Å². The van der Waals surface area contributed by atoms with Crippen molar-refractivity contribution in [2.75, 3.05) is 18.9 Å². The molecule has 10 heteroatoms. The van der Waals surface area contributed by atoms with E-state index in [1.54, 1.807) is 10.9 Å². The number of nitrogen functional groups attached to an aromatic ring is 1. The number of aromatic nitrogens is 4. The van der Waals surface area contributed by atoms with E-state index in [1.807, 2.05) is 60.7 Å². The second-order valence-corrected chi connectivity index (χ2v) is 8.86. The largest absolute Gasteiger partial charge is 0.420 e. The monoisotopic (exact) mass is 563 g/mol. The maximum Gasteiger partial charge on any atom is 0.115 e. The molecule has 2 heterocycles. The number of aliphatic hydroxyl groups is 2. The molecule has 1 saturated carbocycles. The number of aliphatic hydroxyl groups excluding tert-OH is 1. The van der Waals surface area contributed by atoms with Gasteiger partial charge in [-0.1, -0.05) is 60.7 Å². The summed E-state index contributed by atoms with van der Waals surface area (Å²) >= 11 is 0. The van der Waals surface area contributed by atoms with Crippen molar-refractivity contribution in [1.82, 2.24) is 19.5 Å². The summed E-state index contributed by atoms with van der Waals surface area (Å²) in [4.78, 5) is 12.5. The van der Waals surface area contributed by atoms with Crippen molar-refractivity contribution in [3.63, 3.8) is 0 Å². The number of benzene rings is 2. The number of ether oxygens (including phenoxy) is 2. The van der Waals surface area contributed by atoms with E-state index in [4.69, 9.17) is 15.2 Å². The SMILES string of the molecule is Nc1n[c-]c2ncn([C@H]3C[C@H](OCc4ccccc4)C(COCc4ccccc4)[C@@]3(O)CO)c2n1.[Y]. The third kappa shape index (κ3) is 5.51. The van der Waals surface area contributed by atoms with Crippen LogP contribution in [0.3, 0.4) is 0 Å². The topological polar surface area (TPSA) is 129 Å². The molecule has 185 valence electrons. The van der Waals surface area contributed by atoms with Crippen molar-refractivity contribution in [3.05, 3.63) is 84.3 Å². The first-order valence-electron chi connectivity index (χ1n) is 11.6. The van der Waals surface area contributed by atoms with Gasteiger partial charge in [-0.15, -0.1) is 0 Å². The average molecular weight is 563 g/mol. The van der Waals surface area contributed by atoms with Gasteiger partial charge in [0.25, 0.3) is 0 Å². The summed E-state index contributed by atoms with van der Waals surface area (Å²) in [5.41, 5.74) is 7.18. The fraction of sp³-hybridized carbons (Fsp3) is 0.346. The molecule has 1 aliphatic rings. The molecule has 9 nitrogen and oxygen atoms in total. The maximum atomic E-state index is 11.8. The zero-order valence-electron chi connectivity index (χ0n) is 19.8. The molecule has 1 unspecified atom stereocenters. The summed E-state index contributed by atoms with van der Waals surface area (Å²) in [7, 11) is 0. The van der Waals surface area contributed by atoms with Gasteiger partial charge in [-0.3, -0.25) is 4.98 Å². The number of hydrogen-bond donors (Lipinski definition) is 3. The molecule has 2 aromatic heterocycles. The van der Waals surface area contributed by atoms with Crippen LogP contribution >= 0.6 is 0 Å². The van der Waals surface area contributed by atoms with Crippen molar-refractivity contribution in [2.45, 2.75) is 37.4 Å². The summed E-state index contributed by atoms with van der Waals surface area (Å²) < 4.78 is 14.1. The quantitative estimate of drug-likeness (QED) is 0.265. The molecule has 0 aliphatic heterocycles. The Morgan fingerprint density at radius 2 is 1.72 bits per heavy atom. The van der Waals surface area contributed by atoms with Gasteiger partial charge in [0.1, 0.15) is 11.5 Å². The molecule has 4 atom stereocenters. The van der Waals surface area contributed by atoms with E-state index in [-0.39, 0.29) is 51.4 Å². The Morgan fingerprint density at radius 3 is 2.39 bits per heavy atom. The summed E-state index contributed by atoms with van der Waals surface area (Å²) in [6, 6.07) is 19.1. The molecule has 36 heavy (non-hydrogen) atoms. The van der Waals surface area contributed by atoms with Crippen LogP contribution in [0.5, 0.6) is 0 Å². The molecule has 4 N–H and O–H groups in total. The third-order valence-corrected chi connectivity index (χ3v) is 6.69. The van der Waals surface area contributed by atoms with E-state index in [9.17, 15) is 10.2 Å². The van der Waals surface area contributed by atoms with Crippen molar-refractivity contribution in [1.29, 1.82) is 0 Å². The van der Waals surface area contributed by atoms with Crippen LogP contribution in [0.4, 0.5) is 5.95 Å². The zero-order valence-corrected chi connectivity index (χ0v) is 22.6. The molecule has 0 spiro atoms. The number of nitrogens with zero attached hydrogens (tertiary/aromatic N) is 4. The van der Waals surface area contributed by atoms with Gasteiger partial charge in [0, 0.05) is 49.8 Å². The molecule has 1 fully saturated rings. The number of nitrogens with two attached hydrogens (primary N) is 1. The molecule has 5 rings (SSSR count). The van der Waals surface area contributed by atoms with E-state index in [1.165, 1.54) is 0 Å². The molecular formula is C26H28N5O4Y-. The Hall–Kier alpha value is -2.27. The minimum Gasteiger partial charge on any atom is -0.420 e. The fourth-order valence-electron chi connectivity index (χ4n) is 4.84. The van der Waals surface area contributed by atoms with Crippen LogP contribution in [0, 0.1) is 12.1 Å².